The Balaban J connectivity index is 0. The lowest BCUT2D eigenvalue weighted by Crippen LogP contribution is -2.41. The Labute approximate surface area is 332 Å². The van der Waals surface area contributed by atoms with Gasteiger partial charge in [-0.1, -0.05) is 78.5 Å². The minimum Gasteiger partial charge on any atom is -0.400 e. The van der Waals surface area contributed by atoms with Gasteiger partial charge in [0.2, 0.25) is 0 Å². The van der Waals surface area contributed by atoms with E-state index in [4.69, 9.17) is 62.7 Å². The van der Waals surface area contributed by atoms with Crippen molar-refractivity contribution < 1.29 is 27.9 Å². The maximum atomic E-state index is 6.24. The van der Waals surface area contributed by atoms with Crippen molar-refractivity contribution in [2.24, 2.45) is 16.2 Å². The van der Waals surface area contributed by atoms with Gasteiger partial charge < -0.3 is 27.9 Å². The summed E-state index contributed by atoms with van der Waals surface area (Å²) in [4.78, 5) is 0.631. The molecular weight excluding hydrogens is 703 g/mol. The van der Waals surface area contributed by atoms with E-state index in [0.717, 1.165) is 5.47 Å². The highest BCUT2D eigenvalue weighted by Gasteiger charge is 2.53. The average Bonchev–Trinajstić information content (AvgIpc) is 3.30. The Hall–Kier alpha value is -0.135. The zero-order chi connectivity index (χ0) is 40.2. The average molecular weight is 778 g/mol. The van der Waals surface area contributed by atoms with Crippen molar-refractivity contribution in [1.82, 2.24) is 0 Å². The third-order valence-corrected chi connectivity index (χ3v) is 9.44. The first-order chi connectivity index (χ1) is 21.8. The van der Waals surface area contributed by atoms with Crippen LogP contribution in [0.3, 0.4) is 0 Å². The first kappa shape index (κ1) is 53.0. The molecule has 0 saturated carbocycles. The van der Waals surface area contributed by atoms with Gasteiger partial charge in [0.1, 0.15) is 0 Å². The van der Waals surface area contributed by atoms with Gasteiger partial charge in [-0.15, -0.1) is 29.1 Å². The fourth-order valence-electron chi connectivity index (χ4n) is 4.39. The SMILES string of the molecule is C.C/C(=C/C(C)(C)C)B1OC(C)(C)C(C)(C)O1.CC(C)(C)/C=C(/Cl)B1OC(C)(C)C(C)(C)O1.CC(C)(C)C#CB1OC(C)(C)C(C)(C)O1.ClCCl. The van der Waals surface area contributed by atoms with Crippen LogP contribution < -0.4 is 0 Å². The molecule has 0 spiro atoms. The first-order valence-electron chi connectivity index (χ1n) is 17.6. The Kier molecular flexibility index (Phi) is 19.4. The quantitative estimate of drug-likeness (QED) is 0.158. The van der Waals surface area contributed by atoms with Gasteiger partial charge >= 0.3 is 21.4 Å². The highest BCUT2D eigenvalue weighted by Crippen LogP contribution is 2.41. The molecule has 0 unspecified atom stereocenters. The van der Waals surface area contributed by atoms with Crippen molar-refractivity contribution in [3.8, 4) is 11.7 Å². The molecule has 3 fully saturated rings. The predicted octanol–water partition coefficient (Wildman–Crippen LogP) is 12.1. The van der Waals surface area contributed by atoms with E-state index in [9.17, 15) is 0 Å². The topological polar surface area (TPSA) is 55.4 Å². The van der Waals surface area contributed by atoms with Crippen molar-refractivity contribution in [1.29, 1.82) is 0 Å². The summed E-state index contributed by atoms with van der Waals surface area (Å²) in [5.74, 6) is 6.18. The van der Waals surface area contributed by atoms with Gasteiger partial charge in [-0.25, -0.2) is 0 Å². The molecule has 0 N–H and O–H groups in total. The molecule has 0 aliphatic carbocycles. The fraction of sp³-hybridized carbons (Fsp3) is 0.846. The second kappa shape index (κ2) is 18.7. The first-order valence-corrected chi connectivity index (χ1v) is 19.1. The number of rotatable bonds is 2. The standard InChI is InChI=1S/C13H25BO2.C12H22BClO2.C12H21BO2.CH2Cl2.CH4/c1-10(9-11(2,3)4)14-15-12(5,6)13(7,8)16-14;1-10(2,3)8-9(14)13-15-11(4,5)12(6,7)16-13;1-10(2,3)8-9-13-14-11(4,5)12(6,7)15-13;2-1-3;/h9H,1-8H3;8H,1-7H3;1-7H3;1H2;1H4/b10-9-;9-8+;;;. The zero-order valence-corrected chi connectivity index (χ0v) is 37.9. The minimum absolute atomic E-state index is 0. The smallest absolute Gasteiger partial charge is 0.400 e. The van der Waals surface area contributed by atoms with Crippen LogP contribution in [-0.2, 0) is 27.9 Å². The molecule has 6 nitrogen and oxygen atoms in total. The van der Waals surface area contributed by atoms with Crippen molar-refractivity contribution in [3.63, 3.8) is 0 Å². The molecule has 0 aromatic rings. The van der Waals surface area contributed by atoms with Crippen molar-refractivity contribution in [2.45, 2.75) is 193 Å². The van der Waals surface area contributed by atoms with E-state index in [1.54, 1.807) is 0 Å². The Bertz CT molecular complexity index is 1120. The summed E-state index contributed by atoms with van der Waals surface area (Å²) in [7, 11) is -1.04. The molecule has 3 heterocycles. The monoisotopic (exact) mass is 776 g/mol. The highest BCUT2D eigenvalue weighted by molar-refractivity contribution is 6.69. The van der Waals surface area contributed by atoms with Crippen LogP contribution in [-0.4, -0.2) is 60.3 Å². The number of halogens is 3. The number of alkyl halides is 2. The summed E-state index contributed by atoms with van der Waals surface area (Å²) in [5.41, 5.74) is -0.388. The maximum Gasteiger partial charge on any atom is 0.551 e. The van der Waals surface area contributed by atoms with Gasteiger partial charge in [-0.05, 0) is 127 Å². The van der Waals surface area contributed by atoms with Crippen LogP contribution in [0.2, 0.25) is 0 Å². The van der Waals surface area contributed by atoms with E-state index in [1.807, 2.05) is 61.5 Å². The summed E-state index contributed by atoms with van der Waals surface area (Å²) < 4.78 is 35.2. The molecule has 3 aliphatic rings. The van der Waals surface area contributed by atoms with Gasteiger partial charge in [-0.3, -0.25) is 0 Å². The molecule has 3 aliphatic heterocycles. The summed E-state index contributed by atoms with van der Waals surface area (Å²) >= 11 is 15.8. The van der Waals surface area contributed by atoms with Crippen LogP contribution in [0.5, 0.6) is 0 Å². The number of allylic oxidation sites excluding steroid dienone is 3. The second-order valence-corrected chi connectivity index (χ2v) is 20.8. The lowest BCUT2D eigenvalue weighted by Gasteiger charge is -2.32. The number of hydrogen-bond acceptors (Lipinski definition) is 6. The van der Waals surface area contributed by atoms with Crippen molar-refractivity contribution in [3.05, 3.63) is 22.6 Å². The third kappa shape index (κ3) is 17.5. The van der Waals surface area contributed by atoms with Crippen molar-refractivity contribution >= 4 is 56.2 Å². The molecule has 0 amide bonds. The molecule has 0 bridgehead atoms. The van der Waals surface area contributed by atoms with E-state index in [1.165, 1.54) is 0 Å². The van der Waals surface area contributed by atoms with Crippen molar-refractivity contribution in [2.75, 3.05) is 5.34 Å². The van der Waals surface area contributed by atoms with Gasteiger partial charge in [0.25, 0.3) is 0 Å². The summed E-state index contributed by atoms with van der Waals surface area (Å²) in [6.07, 6.45) is 4.20. The normalized spacial score (nSPS) is 23.0. The molecule has 51 heavy (non-hydrogen) atoms. The number of hydrogen-bond donors (Lipinski definition) is 0. The molecule has 0 aromatic heterocycles. The molecule has 0 atom stereocenters. The van der Waals surface area contributed by atoms with Crippen LogP contribution in [0.15, 0.2) is 22.6 Å². The van der Waals surface area contributed by atoms with Gasteiger partial charge in [0, 0.05) is 10.3 Å². The maximum absolute atomic E-state index is 6.24. The van der Waals surface area contributed by atoms with Gasteiger partial charge in [0.05, 0.1) is 38.9 Å². The van der Waals surface area contributed by atoms with E-state index < -0.39 is 14.2 Å². The molecular formula is C39H74B3Cl3O6. The van der Waals surface area contributed by atoms with Crippen LogP contribution in [0.4, 0.5) is 0 Å². The molecule has 296 valence electrons. The molecule has 3 saturated heterocycles. The zero-order valence-electron chi connectivity index (χ0n) is 35.7. The Morgan fingerprint density at radius 3 is 1.10 bits per heavy atom. The summed E-state index contributed by atoms with van der Waals surface area (Å²) in [6.45, 7) is 45.7. The molecule has 12 heteroatoms. The Morgan fingerprint density at radius 1 is 0.549 bits per heavy atom. The van der Waals surface area contributed by atoms with Crippen LogP contribution in [0.1, 0.15) is 160 Å². The lowest BCUT2D eigenvalue weighted by molar-refractivity contribution is 0.00578. The predicted molar refractivity (Wildman–Crippen MR) is 225 cm³/mol. The van der Waals surface area contributed by atoms with E-state index >= 15 is 0 Å². The summed E-state index contributed by atoms with van der Waals surface area (Å²) in [6, 6.07) is 0. The fourth-order valence-corrected chi connectivity index (χ4v) is 4.81. The van der Waals surface area contributed by atoms with E-state index in [2.05, 4.69) is 115 Å². The largest absolute Gasteiger partial charge is 0.551 e. The van der Waals surface area contributed by atoms with Crippen LogP contribution in [0.25, 0.3) is 0 Å². The molecule has 3 rings (SSSR count). The van der Waals surface area contributed by atoms with E-state index in [-0.39, 0.29) is 69.7 Å². The van der Waals surface area contributed by atoms with Crippen LogP contribution in [0, 0.1) is 28.0 Å². The molecule has 0 radical (unpaired) electrons. The molecule has 0 aromatic carbocycles. The van der Waals surface area contributed by atoms with Crippen LogP contribution >= 0.6 is 34.8 Å². The summed E-state index contributed by atoms with van der Waals surface area (Å²) in [5, 5.41) is 0.194. The lowest BCUT2D eigenvalue weighted by atomic mass is 9.75. The second-order valence-electron chi connectivity index (χ2n) is 19.5. The van der Waals surface area contributed by atoms with Gasteiger partial charge in [-0.2, -0.15) is 0 Å². The highest BCUT2D eigenvalue weighted by atomic mass is 35.5. The van der Waals surface area contributed by atoms with Gasteiger partial charge in [0.15, 0.2) is 0 Å². The third-order valence-electron chi connectivity index (χ3n) is 9.15. The van der Waals surface area contributed by atoms with E-state index in [0.29, 0.717) is 4.93 Å². The minimum atomic E-state index is -0.439. The Morgan fingerprint density at radius 2 is 0.824 bits per heavy atom.